The van der Waals surface area contributed by atoms with Gasteiger partial charge in [-0.1, -0.05) is 42.5 Å². The van der Waals surface area contributed by atoms with E-state index in [4.69, 9.17) is 16.2 Å². The van der Waals surface area contributed by atoms with Gasteiger partial charge >= 0.3 is 0 Å². The average Bonchev–Trinajstić information content (AvgIpc) is 2.64. The van der Waals surface area contributed by atoms with Crippen LogP contribution in [0.4, 0.5) is 0 Å². The summed E-state index contributed by atoms with van der Waals surface area (Å²) >= 11 is 0. The van der Waals surface area contributed by atoms with Crippen LogP contribution < -0.4 is 16.2 Å². The molecule has 0 radical (unpaired) electrons. The van der Waals surface area contributed by atoms with Gasteiger partial charge in [-0.05, 0) is 42.2 Å². The zero-order valence-corrected chi connectivity index (χ0v) is 14.3. The number of amides is 1. The van der Waals surface area contributed by atoms with Gasteiger partial charge in [0.15, 0.2) is 0 Å². The van der Waals surface area contributed by atoms with Crippen LogP contribution in [0.15, 0.2) is 72.9 Å². The summed E-state index contributed by atoms with van der Waals surface area (Å²) in [6.45, 7) is 0. The number of pyridine rings is 1. The summed E-state index contributed by atoms with van der Waals surface area (Å²) in [5, 5.41) is 0. The standard InChI is InChI=1S/C21H21N3O2/c22-18(12-15-4-2-1-3-5-15)13-16-6-9-19(10-7-16)26-20-11-8-17(14-24-20)21(23)25/h1-11,14,18H,12-13,22H2,(H2,23,25). The van der Waals surface area contributed by atoms with E-state index in [-0.39, 0.29) is 6.04 Å². The highest BCUT2D eigenvalue weighted by Crippen LogP contribution is 2.20. The van der Waals surface area contributed by atoms with Gasteiger partial charge in [0.05, 0.1) is 5.56 Å². The molecular formula is C21H21N3O2. The van der Waals surface area contributed by atoms with Crippen LogP contribution in [0.25, 0.3) is 0 Å². The van der Waals surface area contributed by atoms with E-state index in [0.29, 0.717) is 17.2 Å². The molecule has 0 saturated heterocycles. The monoisotopic (exact) mass is 347 g/mol. The fraction of sp³-hybridized carbons (Fsp3) is 0.143. The molecule has 1 amide bonds. The maximum atomic E-state index is 11.0. The summed E-state index contributed by atoms with van der Waals surface area (Å²) in [5.74, 6) is 0.563. The van der Waals surface area contributed by atoms with E-state index in [1.807, 2.05) is 42.5 Å². The van der Waals surface area contributed by atoms with Crippen molar-refractivity contribution in [2.24, 2.45) is 11.5 Å². The van der Waals surface area contributed by atoms with Crippen molar-refractivity contribution in [1.82, 2.24) is 4.98 Å². The van der Waals surface area contributed by atoms with E-state index in [0.717, 1.165) is 18.4 Å². The van der Waals surface area contributed by atoms with Gasteiger partial charge in [-0.25, -0.2) is 4.98 Å². The van der Waals surface area contributed by atoms with Crippen molar-refractivity contribution in [2.75, 3.05) is 0 Å². The second kappa shape index (κ2) is 8.27. The lowest BCUT2D eigenvalue weighted by Gasteiger charge is -2.12. The zero-order chi connectivity index (χ0) is 18.4. The minimum Gasteiger partial charge on any atom is -0.439 e. The molecule has 0 aliphatic rings. The van der Waals surface area contributed by atoms with E-state index in [1.165, 1.54) is 11.8 Å². The van der Waals surface area contributed by atoms with E-state index in [1.54, 1.807) is 12.1 Å². The predicted octanol–water partition coefficient (Wildman–Crippen LogP) is 3.09. The molecule has 4 N–H and O–H groups in total. The summed E-state index contributed by atoms with van der Waals surface area (Å²) in [5.41, 5.74) is 14.2. The van der Waals surface area contributed by atoms with Crippen molar-refractivity contribution in [3.8, 4) is 11.6 Å². The van der Waals surface area contributed by atoms with Crippen molar-refractivity contribution in [3.63, 3.8) is 0 Å². The molecule has 26 heavy (non-hydrogen) atoms. The number of carbonyl (C=O) groups excluding carboxylic acids is 1. The molecule has 1 aromatic heterocycles. The van der Waals surface area contributed by atoms with Gasteiger partial charge in [-0.2, -0.15) is 0 Å². The van der Waals surface area contributed by atoms with Crippen molar-refractivity contribution in [3.05, 3.63) is 89.6 Å². The molecule has 5 nitrogen and oxygen atoms in total. The van der Waals surface area contributed by atoms with E-state index < -0.39 is 5.91 Å². The molecule has 2 aromatic carbocycles. The SMILES string of the molecule is NC(=O)c1ccc(Oc2ccc(CC(N)Cc3ccccc3)cc2)nc1. The lowest BCUT2D eigenvalue weighted by molar-refractivity contribution is 0.1000. The normalized spacial score (nSPS) is 11.7. The first-order valence-corrected chi connectivity index (χ1v) is 8.42. The van der Waals surface area contributed by atoms with Crippen molar-refractivity contribution in [1.29, 1.82) is 0 Å². The summed E-state index contributed by atoms with van der Waals surface area (Å²) in [7, 11) is 0. The van der Waals surface area contributed by atoms with Crippen LogP contribution in [0.2, 0.25) is 0 Å². The minimum atomic E-state index is -0.514. The Morgan fingerprint density at radius 3 is 2.15 bits per heavy atom. The summed E-state index contributed by atoms with van der Waals surface area (Å²) in [4.78, 5) is 15.1. The largest absolute Gasteiger partial charge is 0.439 e. The predicted molar refractivity (Wildman–Crippen MR) is 101 cm³/mol. The number of ether oxygens (including phenoxy) is 1. The van der Waals surface area contributed by atoms with Gasteiger partial charge in [-0.15, -0.1) is 0 Å². The first kappa shape index (κ1) is 17.6. The number of nitrogens with zero attached hydrogens (tertiary/aromatic N) is 1. The third-order valence-electron chi connectivity index (χ3n) is 4.01. The Balaban J connectivity index is 1.57. The molecule has 0 aliphatic heterocycles. The highest BCUT2D eigenvalue weighted by atomic mass is 16.5. The van der Waals surface area contributed by atoms with Crippen LogP contribution in [0.5, 0.6) is 11.6 Å². The van der Waals surface area contributed by atoms with E-state index >= 15 is 0 Å². The first-order chi connectivity index (χ1) is 12.6. The molecule has 0 spiro atoms. The van der Waals surface area contributed by atoms with Gasteiger partial charge in [0.25, 0.3) is 0 Å². The van der Waals surface area contributed by atoms with E-state index in [2.05, 4.69) is 17.1 Å². The van der Waals surface area contributed by atoms with Crippen molar-refractivity contribution in [2.45, 2.75) is 18.9 Å². The Morgan fingerprint density at radius 2 is 1.58 bits per heavy atom. The fourth-order valence-electron chi connectivity index (χ4n) is 2.69. The molecular weight excluding hydrogens is 326 g/mol. The number of benzene rings is 2. The average molecular weight is 347 g/mol. The fourth-order valence-corrected chi connectivity index (χ4v) is 2.69. The molecule has 5 heteroatoms. The number of primary amides is 1. The van der Waals surface area contributed by atoms with Gasteiger partial charge in [-0.3, -0.25) is 4.79 Å². The van der Waals surface area contributed by atoms with E-state index in [9.17, 15) is 4.79 Å². The lowest BCUT2D eigenvalue weighted by atomic mass is 10.00. The molecule has 3 aromatic rings. The van der Waals surface area contributed by atoms with Crippen LogP contribution in [0.1, 0.15) is 21.5 Å². The van der Waals surface area contributed by atoms with Crippen LogP contribution >= 0.6 is 0 Å². The zero-order valence-electron chi connectivity index (χ0n) is 14.3. The first-order valence-electron chi connectivity index (χ1n) is 8.42. The molecule has 0 bridgehead atoms. The molecule has 1 heterocycles. The molecule has 0 fully saturated rings. The van der Waals surface area contributed by atoms with Gasteiger partial charge in [0.1, 0.15) is 5.75 Å². The van der Waals surface area contributed by atoms with Crippen LogP contribution in [-0.4, -0.2) is 16.9 Å². The highest BCUT2D eigenvalue weighted by Gasteiger charge is 2.07. The summed E-state index contributed by atoms with van der Waals surface area (Å²) in [6, 6.07) is 21.3. The third kappa shape index (κ3) is 4.91. The summed E-state index contributed by atoms with van der Waals surface area (Å²) < 4.78 is 5.67. The van der Waals surface area contributed by atoms with Crippen LogP contribution in [0, 0.1) is 0 Å². The Morgan fingerprint density at radius 1 is 0.923 bits per heavy atom. The Labute approximate surface area is 152 Å². The molecule has 3 rings (SSSR count). The van der Waals surface area contributed by atoms with Gasteiger partial charge < -0.3 is 16.2 Å². The quantitative estimate of drug-likeness (QED) is 0.687. The molecule has 132 valence electrons. The topological polar surface area (TPSA) is 91.2 Å². The second-order valence-electron chi connectivity index (χ2n) is 6.15. The smallest absolute Gasteiger partial charge is 0.250 e. The third-order valence-corrected chi connectivity index (χ3v) is 4.01. The Bertz CT molecular complexity index is 847. The molecule has 1 unspecified atom stereocenters. The maximum Gasteiger partial charge on any atom is 0.250 e. The Hall–Kier alpha value is -3.18. The van der Waals surface area contributed by atoms with Crippen LogP contribution in [0.3, 0.4) is 0 Å². The number of nitrogens with two attached hydrogens (primary N) is 2. The second-order valence-corrected chi connectivity index (χ2v) is 6.15. The number of aromatic nitrogens is 1. The molecule has 0 aliphatic carbocycles. The number of rotatable bonds is 7. The number of hydrogen-bond donors (Lipinski definition) is 2. The summed E-state index contributed by atoms with van der Waals surface area (Å²) in [6.07, 6.45) is 3.03. The highest BCUT2D eigenvalue weighted by molar-refractivity contribution is 5.92. The van der Waals surface area contributed by atoms with Gasteiger partial charge in [0.2, 0.25) is 11.8 Å². The van der Waals surface area contributed by atoms with Crippen molar-refractivity contribution >= 4 is 5.91 Å². The van der Waals surface area contributed by atoms with Gasteiger partial charge in [0, 0.05) is 18.3 Å². The van der Waals surface area contributed by atoms with Crippen LogP contribution in [-0.2, 0) is 12.8 Å². The lowest BCUT2D eigenvalue weighted by Crippen LogP contribution is -2.25. The number of carbonyl (C=O) groups is 1. The van der Waals surface area contributed by atoms with Crippen molar-refractivity contribution < 1.29 is 9.53 Å². The molecule has 1 atom stereocenters. The number of hydrogen-bond acceptors (Lipinski definition) is 4. The maximum absolute atomic E-state index is 11.0. The Kier molecular flexibility index (Phi) is 5.61. The molecule has 0 saturated carbocycles. The minimum absolute atomic E-state index is 0.0622.